The van der Waals surface area contributed by atoms with Gasteiger partial charge >= 0.3 is 17.9 Å². The highest BCUT2D eigenvalue weighted by Crippen LogP contribution is 2.32. The van der Waals surface area contributed by atoms with Gasteiger partial charge in [-0.25, -0.2) is 4.79 Å². The lowest BCUT2D eigenvalue weighted by atomic mass is 10.1. The fourth-order valence-electron chi connectivity index (χ4n) is 2.75. The van der Waals surface area contributed by atoms with Gasteiger partial charge in [0, 0.05) is 27.3 Å². The highest BCUT2D eigenvalue weighted by atomic mass is 16.7. The number of esters is 2. The number of likely N-dealkylation sites (N-methyl/N-ethyl adjacent to an activating group) is 1. The minimum absolute atomic E-state index is 0.0263. The van der Waals surface area contributed by atoms with Gasteiger partial charge in [-0.15, -0.1) is 5.06 Å². The zero-order chi connectivity index (χ0) is 21.6. The molecule has 9 nitrogen and oxygen atoms in total. The minimum Gasteiger partial charge on any atom is -0.425 e. The largest absolute Gasteiger partial charge is 0.425 e. The number of benzene rings is 1. The molecule has 0 amide bonds. The Bertz CT molecular complexity index is 817. The Labute approximate surface area is 168 Å². The van der Waals surface area contributed by atoms with E-state index in [-0.39, 0.29) is 30.3 Å². The molecule has 1 aromatic rings. The molecular formula is C20H23NO8. The third kappa shape index (κ3) is 6.51. The zero-order valence-corrected chi connectivity index (χ0v) is 16.7. The first-order chi connectivity index (χ1) is 13.7. The van der Waals surface area contributed by atoms with Crippen molar-refractivity contribution in [1.29, 1.82) is 0 Å². The predicted molar refractivity (Wildman–Crippen MR) is 99.0 cm³/mol. The zero-order valence-electron chi connectivity index (χ0n) is 16.7. The van der Waals surface area contributed by atoms with Crippen LogP contribution in [0.3, 0.4) is 0 Å². The summed E-state index contributed by atoms with van der Waals surface area (Å²) in [5, 5.41) is 1.21. The van der Waals surface area contributed by atoms with E-state index in [1.807, 2.05) is 0 Å². The summed E-state index contributed by atoms with van der Waals surface area (Å²) >= 11 is 0. The van der Waals surface area contributed by atoms with Gasteiger partial charge in [0.15, 0.2) is 11.5 Å². The predicted octanol–water partition coefficient (Wildman–Crippen LogP) is 1.77. The summed E-state index contributed by atoms with van der Waals surface area (Å²) in [5.41, 5.74) is 0.359. The molecule has 0 saturated heterocycles. The number of nitrogens with zero attached hydrogens (tertiary/aromatic N) is 1. The number of hydrogen-bond donors (Lipinski definition) is 0. The van der Waals surface area contributed by atoms with Crippen LogP contribution in [0.2, 0.25) is 0 Å². The van der Waals surface area contributed by atoms with Crippen LogP contribution in [0.4, 0.5) is 0 Å². The van der Waals surface area contributed by atoms with Crippen LogP contribution in [0, 0.1) is 0 Å². The van der Waals surface area contributed by atoms with Crippen LogP contribution in [-0.4, -0.2) is 54.6 Å². The molecule has 1 aromatic carbocycles. The van der Waals surface area contributed by atoms with Crippen molar-refractivity contribution in [3.05, 3.63) is 47.4 Å². The van der Waals surface area contributed by atoms with Crippen LogP contribution >= 0.6 is 0 Å². The van der Waals surface area contributed by atoms with E-state index in [0.29, 0.717) is 5.56 Å². The molecule has 0 aromatic heterocycles. The highest BCUT2D eigenvalue weighted by Gasteiger charge is 2.41. The summed E-state index contributed by atoms with van der Waals surface area (Å²) < 4.78 is 16.1. The summed E-state index contributed by atoms with van der Waals surface area (Å²) in [5.74, 6) is -2.13. The number of Topliss-reactive ketones (excluding diaryl/α,β-unsaturated/α-hetero) is 1. The van der Waals surface area contributed by atoms with Gasteiger partial charge in [0.25, 0.3) is 0 Å². The second-order valence-electron chi connectivity index (χ2n) is 6.49. The van der Waals surface area contributed by atoms with E-state index in [1.165, 1.54) is 32.9 Å². The highest BCUT2D eigenvalue weighted by molar-refractivity contribution is 5.89. The topological polar surface area (TPSA) is 108 Å². The molecule has 0 radical (unpaired) electrons. The molecule has 0 fully saturated rings. The molecule has 0 unspecified atom stereocenters. The van der Waals surface area contributed by atoms with Crippen molar-refractivity contribution in [2.45, 2.75) is 39.4 Å². The summed E-state index contributed by atoms with van der Waals surface area (Å²) in [4.78, 5) is 52.0. The monoisotopic (exact) mass is 405 g/mol. The Hall–Kier alpha value is -3.04. The summed E-state index contributed by atoms with van der Waals surface area (Å²) in [6, 6.07) is 8.39. The van der Waals surface area contributed by atoms with Gasteiger partial charge in [-0.3, -0.25) is 14.4 Å². The molecule has 29 heavy (non-hydrogen) atoms. The molecule has 0 bridgehead atoms. The Kier molecular flexibility index (Phi) is 7.63. The lowest BCUT2D eigenvalue weighted by Crippen LogP contribution is -2.34. The van der Waals surface area contributed by atoms with Gasteiger partial charge in [-0.1, -0.05) is 18.2 Å². The average molecular weight is 405 g/mol. The smallest absolute Gasteiger partial charge is 0.357 e. The molecule has 0 N–H and O–H groups in total. The van der Waals surface area contributed by atoms with E-state index in [2.05, 4.69) is 0 Å². The lowest BCUT2D eigenvalue weighted by molar-refractivity contribution is -0.142. The van der Waals surface area contributed by atoms with Crippen LogP contribution in [0.5, 0.6) is 0 Å². The molecule has 1 aliphatic rings. The van der Waals surface area contributed by atoms with Crippen LogP contribution in [0.15, 0.2) is 41.9 Å². The molecule has 0 spiro atoms. The third-order valence-corrected chi connectivity index (χ3v) is 3.81. The standard InChI is InChI=1S/C20H23NO8/c1-12(22)10-16-18(26-13(2)23)19(27-14(3)24)17(28-16)11-21(4)29-20(25)15-8-6-5-7-9-15/h5-9,16-17H,10-11H2,1-4H3/t16-,17-/m1/s1. The summed E-state index contributed by atoms with van der Waals surface area (Å²) in [6.45, 7) is 3.71. The van der Waals surface area contributed by atoms with Gasteiger partial charge in [-0.05, 0) is 19.1 Å². The van der Waals surface area contributed by atoms with Crippen LogP contribution in [-0.2, 0) is 33.4 Å². The van der Waals surface area contributed by atoms with Crippen molar-refractivity contribution < 1.29 is 38.2 Å². The normalized spacial score (nSPS) is 18.5. The Morgan fingerprint density at radius 3 is 2.00 bits per heavy atom. The van der Waals surface area contributed by atoms with E-state index in [9.17, 15) is 19.2 Å². The number of rotatable bonds is 8. The first-order valence-electron chi connectivity index (χ1n) is 8.91. The Morgan fingerprint density at radius 2 is 1.48 bits per heavy atom. The van der Waals surface area contributed by atoms with Crippen molar-refractivity contribution in [2.24, 2.45) is 0 Å². The van der Waals surface area contributed by atoms with E-state index >= 15 is 0 Å². The maximum Gasteiger partial charge on any atom is 0.357 e. The number of hydroxylamine groups is 2. The number of ether oxygens (including phenoxy) is 3. The first kappa shape index (κ1) is 22.3. The molecular weight excluding hydrogens is 382 g/mol. The molecule has 1 aliphatic heterocycles. The van der Waals surface area contributed by atoms with Crippen molar-refractivity contribution in [2.75, 3.05) is 13.6 Å². The molecule has 2 rings (SSSR count). The van der Waals surface area contributed by atoms with E-state index in [1.54, 1.807) is 30.3 Å². The van der Waals surface area contributed by atoms with Crippen molar-refractivity contribution >= 4 is 23.7 Å². The van der Waals surface area contributed by atoms with Crippen molar-refractivity contribution in [1.82, 2.24) is 5.06 Å². The van der Waals surface area contributed by atoms with Gasteiger partial charge in [0.05, 0.1) is 12.1 Å². The maximum atomic E-state index is 12.2. The molecule has 2 atom stereocenters. The second kappa shape index (κ2) is 9.94. The Morgan fingerprint density at radius 1 is 0.931 bits per heavy atom. The third-order valence-electron chi connectivity index (χ3n) is 3.81. The fourth-order valence-corrected chi connectivity index (χ4v) is 2.75. The lowest BCUT2D eigenvalue weighted by Gasteiger charge is -2.21. The van der Waals surface area contributed by atoms with Crippen molar-refractivity contribution in [3.63, 3.8) is 0 Å². The number of hydrogen-bond acceptors (Lipinski definition) is 9. The number of carbonyl (C=O) groups excluding carboxylic acids is 4. The molecule has 0 saturated carbocycles. The number of carbonyl (C=O) groups is 4. The maximum absolute atomic E-state index is 12.2. The second-order valence-corrected chi connectivity index (χ2v) is 6.49. The van der Waals surface area contributed by atoms with E-state index < -0.39 is 30.1 Å². The minimum atomic E-state index is -0.897. The summed E-state index contributed by atoms with van der Waals surface area (Å²) in [6.07, 6.45) is -1.86. The number of ketones is 1. The summed E-state index contributed by atoms with van der Waals surface area (Å²) in [7, 11) is 1.50. The van der Waals surface area contributed by atoms with Gasteiger partial charge in [-0.2, -0.15) is 0 Å². The SMILES string of the molecule is CC(=O)C[C@H]1O[C@H](CN(C)OC(=O)c2ccccc2)C(OC(C)=O)=C1OC(C)=O. The molecule has 0 aliphatic carbocycles. The molecule has 1 heterocycles. The molecule has 9 heteroatoms. The Balaban J connectivity index is 2.18. The van der Waals surface area contributed by atoms with Gasteiger partial charge in [0.2, 0.25) is 0 Å². The quantitative estimate of drug-likeness (QED) is 0.472. The van der Waals surface area contributed by atoms with Gasteiger partial charge < -0.3 is 19.0 Å². The molecule has 156 valence electrons. The average Bonchev–Trinajstić information content (AvgIpc) is 2.90. The van der Waals surface area contributed by atoms with E-state index in [0.717, 1.165) is 0 Å². The van der Waals surface area contributed by atoms with Crippen LogP contribution in [0.25, 0.3) is 0 Å². The van der Waals surface area contributed by atoms with Crippen LogP contribution < -0.4 is 0 Å². The van der Waals surface area contributed by atoms with Crippen molar-refractivity contribution in [3.8, 4) is 0 Å². The fraction of sp³-hybridized carbons (Fsp3) is 0.400. The van der Waals surface area contributed by atoms with Crippen LogP contribution in [0.1, 0.15) is 37.6 Å². The van der Waals surface area contributed by atoms with E-state index in [4.69, 9.17) is 19.0 Å². The van der Waals surface area contributed by atoms with Gasteiger partial charge in [0.1, 0.15) is 18.0 Å². The first-order valence-corrected chi connectivity index (χ1v) is 8.91.